The lowest BCUT2D eigenvalue weighted by molar-refractivity contribution is 0.449. The van der Waals surface area contributed by atoms with Crippen molar-refractivity contribution in [2.24, 2.45) is 0 Å². The summed E-state index contributed by atoms with van der Waals surface area (Å²) < 4.78 is 0. The van der Waals surface area contributed by atoms with Crippen LogP contribution in [0.1, 0.15) is 11.1 Å². The number of phenols is 2. The fourth-order valence-electron chi connectivity index (χ4n) is 1.65. The van der Waals surface area contributed by atoms with Crippen molar-refractivity contribution in [2.75, 3.05) is 0 Å². The largest absolute Gasteiger partial charge is 0.508 e. The van der Waals surface area contributed by atoms with Gasteiger partial charge in [0.15, 0.2) is 0 Å². The predicted octanol–water partition coefficient (Wildman–Crippen LogP) is 3.38. The first-order chi connectivity index (χ1) is 7.58. The Hall–Kier alpha value is -1.96. The lowest BCUT2D eigenvalue weighted by Gasteiger charge is -2.08. The van der Waals surface area contributed by atoms with E-state index in [4.69, 9.17) is 0 Å². The Morgan fingerprint density at radius 3 is 2.06 bits per heavy atom. The van der Waals surface area contributed by atoms with Crippen LogP contribution >= 0.6 is 0 Å². The molecule has 0 radical (unpaired) electrons. The second kappa shape index (κ2) is 3.89. The molecule has 0 spiro atoms. The second-order valence-corrected chi connectivity index (χ2v) is 4.02. The van der Waals surface area contributed by atoms with Crippen LogP contribution in [0.4, 0.5) is 0 Å². The van der Waals surface area contributed by atoms with Crippen molar-refractivity contribution in [1.82, 2.24) is 0 Å². The topological polar surface area (TPSA) is 40.5 Å². The number of benzene rings is 2. The maximum Gasteiger partial charge on any atom is 0.127 e. The summed E-state index contributed by atoms with van der Waals surface area (Å²) in [6, 6.07) is 11.1. The molecule has 0 aliphatic rings. The average Bonchev–Trinajstić information content (AvgIpc) is 2.25. The Morgan fingerprint density at radius 2 is 1.44 bits per heavy atom. The first-order valence-corrected chi connectivity index (χ1v) is 5.17. The molecule has 0 unspecified atom stereocenters. The van der Waals surface area contributed by atoms with Crippen molar-refractivity contribution in [3.8, 4) is 22.6 Å². The van der Waals surface area contributed by atoms with Crippen LogP contribution in [0.5, 0.6) is 11.5 Å². The first kappa shape index (κ1) is 10.6. The van der Waals surface area contributed by atoms with Gasteiger partial charge in [0.1, 0.15) is 11.5 Å². The van der Waals surface area contributed by atoms with Crippen LogP contribution in [-0.2, 0) is 0 Å². The molecule has 0 aliphatic heterocycles. The zero-order valence-electron chi connectivity index (χ0n) is 9.36. The molecule has 2 N–H and O–H groups in total. The quantitative estimate of drug-likeness (QED) is 0.764. The molecule has 2 aromatic rings. The van der Waals surface area contributed by atoms with E-state index < -0.39 is 0 Å². The van der Waals surface area contributed by atoms with Crippen molar-refractivity contribution >= 4 is 0 Å². The lowest BCUT2D eigenvalue weighted by atomic mass is 10.0. The van der Waals surface area contributed by atoms with Crippen molar-refractivity contribution in [3.05, 3.63) is 47.5 Å². The Balaban J connectivity index is 2.56. The van der Waals surface area contributed by atoms with E-state index in [-0.39, 0.29) is 11.5 Å². The van der Waals surface area contributed by atoms with Gasteiger partial charge in [-0.2, -0.15) is 0 Å². The molecule has 0 amide bonds. The molecule has 2 heteroatoms. The van der Waals surface area contributed by atoms with Gasteiger partial charge < -0.3 is 10.2 Å². The van der Waals surface area contributed by atoms with Crippen molar-refractivity contribution in [1.29, 1.82) is 0 Å². The second-order valence-electron chi connectivity index (χ2n) is 4.02. The SMILES string of the molecule is Cc1ccc(-c2cc(C)c(O)cc2O)cc1. The highest BCUT2D eigenvalue weighted by molar-refractivity contribution is 5.72. The number of aryl methyl sites for hydroxylation is 2. The van der Waals surface area contributed by atoms with Gasteiger partial charge in [-0.25, -0.2) is 0 Å². The van der Waals surface area contributed by atoms with E-state index in [0.29, 0.717) is 0 Å². The number of rotatable bonds is 1. The van der Waals surface area contributed by atoms with E-state index in [1.807, 2.05) is 38.1 Å². The number of hydrogen-bond donors (Lipinski definition) is 2. The van der Waals surface area contributed by atoms with Crippen molar-refractivity contribution < 1.29 is 10.2 Å². The van der Waals surface area contributed by atoms with E-state index >= 15 is 0 Å². The Morgan fingerprint density at radius 1 is 0.812 bits per heavy atom. The maximum absolute atomic E-state index is 9.78. The van der Waals surface area contributed by atoms with Gasteiger partial charge in [-0.05, 0) is 31.0 Å². The van der Waals surface area contributed by atoms with Crippen LogP contribution in [-0.4, -0.2) is 10.2 Å². The number of phenolic OH excluding ortho intramolecular Hbond substituents is 2. The molecule has 0 bridgehead atoms. The van der Waals surface area contributed by atoms with Gasteiger partial charge in [0.05, 0.1) is 0 Å². The van der Waals surface area contributed by atoms with E-state index in [2.05, 4.69) is 0 Å². The molecule has 2 rings (SSSR count). The van der Waals surface area contributed by atoms with E-state index in [0.717, 1.165) is 16.7 Å². The minimum absolute atomic E-state index is 0.104. The third kappa shape index (κ3) is 1.87. The molecule has 0 fully saturated rings. The van der Waals surface area contributed by atoms with Gasteiger partial charge in [0.25, 0.3) is 0 Å². The van der Waals surface area contributed by atoms with E-state index in [9.17, 15) is 10.2 Å². The Bertz CT molecular complexity index is 513. The fourth-order valence-corrected chi connectivity index (χ4v) is 1.65. The molecule has 0 saturated heterocycles. The van der Waals surface area contributed by atoms with Crippen LogP contribution in [0, 0.1) is 13.8 Å². The predicted molar refractivity (Wildman–Crippen MR) is 64.7 cm³/mol. The van der Waals surface area contributed by atoms with Gasteiger partial charge >= 0.3 is 0 Å². The minimum Gasteiger partial charge on any atom is -0.508 e. The smallest absolute Gasteiger partial charge is 0.127 e. The highest BCUT2D eigenvalue weighted by Gasteiger charge is 2.07. The highest BCUT2D eigenvalue weighted by atomic mass is 16.3. The summed E-state index contributed by atoms with van der Waals surface area (Å²) >= 11 is 0. The lowest BCUT2D eigenvalue weighted by Crippen LogP contribution is -1.83. The standard InChI is InChI=1S/C14H14O2/c1-9-3-5-11(6-4-9)12-7-10(2)13(15)8-14(12)16/h3-8,15-16H,1-2H3. The zero-order chi connectivity index (χ0) is 11.7. The molecule has 82 valence electrons. The summed E-state index contributed by atoms with van der Waals surface area (Å²) in [6.45, 7) is 3.83. The van der Waals surface area contributed by atoms with Crippen molar-refractivity contribution in [2.45, 2.75) is 13.8 Å². The monoisotopic (exact) mass is 214 g/mol. The molecule has 2 aromatic carbocycles. The van der Waals surface area contributed by atoms with Gasteiger partial charge in [-0.1, -0.05) is 29.8 Å². The van der Waals surface area contributed by atoms with Gasteiger partial charge in [0.2, 0.25) is 0 Å². The summed E-state index contributed by atoms with van der Waals surface area (Å²) in [6.07, 6.45) is 0. The summed E-state index contributed by atoms with van der Waals surface area (Å²) in [5, 5.41) is 19.2. The Kier molecular flexibility index (Phi) is 2.57. The van der Waals surface area contributed by atoms with Gasteiger partial charge in [-0.3, -0.25) is 0 Å². The number of hydrogen-bond acceptors (Lipinski definition) is 2. The molecule has 0 heterocycles. The molecule has 2 nitrogen and oxygen atoms in total. The molecule has 0 atom stereocenters. The molecular formula is C14H14O2. The Labute approximate surface area is 94.8 Å². The molecule has 16 heavy (non-hydrogen) atoms. The minimum atomic E-state index is 0.104. The number of aromatic hydroxyl groups is 2. The third-order valence-electron chi connectivity index (χ3n) is 2.68. The summed E-state index contributed by atoms with van der Waals surface area (Å²) in [5.74, 6) is 0.223. The molecule has 0 aliphatic carbocycles. The van der Waals surface area contributed by atoms with Crippen LogP contribution in [0.2, 0.25) is 0 Å². The van der Waals surface area contributed by atoms with Crippen LogP contribution in [0.25, 0.3) is 11.1 Å². The van der Waals surface area contributed by atoms with E-state index in [1.165, 1.54) is 11.6 Å². The highest BCUT2D eigenvalue weighted by Crippen LogP contribution is 2.34. The maximum atomic E-state index is 9.78. The van der Waals surface area contributed by atoms with Crippen LogP contribution in [0.15, 0.2) is 36.4 Å². The molecular weight excluding hydrogens is 200 g/mol. The first-order valence-electron chi connectivity index (χ1n) is 5.17. The normalized spacial score (nSPS) is 10.4. The molecule has 0 saturated carbocycles. The van der Waals surface area contributed by atoms with Crippen LogP contribution < -0.4 is 0 Å². The van der Waals surface area contributed by atoms with Gasteiger partial charge in [0, 0.05) is 11.6 Å². The fraction of sp³-hybridized carbons (Fsp3) is 0.143. The van der Waals surface area contributed by atoms with Crippen molar-refractivity contribution in [3.63, 3.8) is 0 Å². The zero-order valence-corrected chi connectivity index (χ0v) is 9.36. The summed E-state index contributed by atoms with van der Waals surface area (Å²) in [5.41, 5.74) is 3.63. The summed E-state index contributed by atoms with van der Waals surface area (Å²) in [4.78, 5) is 0. The molecule has 0 aromatic heterocycles. The van der Waals surface area contributed by atoms with Crippen LogP contribution in [0.3, 0.4) is 0 Å². The third-order valence-corrected chi connectivity index (χ3v) is 2.68. The average molecular weight is 214 g/mol. The summed E-state index contributed by atoms with van der Waals surface area (Å²) in [7, 11) is 0. The van der Waals surface area contributed by atoms with Gasteiger partial charge in [-0.15, -0.1) is 0 Å². The van der Waals surface area contributed by atoms with E-state index in [1.54, 1.807) is 6.07 Å².